The van der Waals surface area contributed by atoms with Gasteiger partial charge in [0.25, 0.3) is 0 Å². The average molecular weight is 607 g/mol. The van der Waals surface area contributed by atoms with Gasteiger partial charge in [0.05, 0.1) is 28.5 Å². The van der Waals surface area contributed by atoms with E-state index in [1.165, 1.54) is 0 Å². The minimum atomic E-state index is -1.20. The molecule has 1 saturated heterocycles. The first-order valence-corrected chi connectivity index (χ1v) is 16.3. The van der Waals surface area contributed by atoms with Gasteiger partial charge in [-0.25, -0.2) is 4.79 Å². The van der Waals surface area contributed by atoms with Crippen LogP contribution in [-0.4, -0.2) is 58.5 Å². The summed E-state index contributed by atoms with van der Waals surface area (Å²) in [5.74, 6) is -1.10. The molecule has 4 bridgehead atoms. The molecule has 0 aromatic carbocycles. The van der Waals surface area contributed by atoms with Gasteiger partial charge in [0.15, 0.2) is 0 Å². The minimum Gasteiger partial charge on any atom is -0.463 e. The van der Waals surface area contributed by atoms with Crippen molar-refractivity contribution >= 4 is 23.9 Å². The van der Waals surface area contributed by atoms with Crippen LogP contribution >= 0.6 is 0 Å². The lowest BCUT2D eigenvalue weighted by Gasteiger charge is -2.59. The van der Waals surface area contributed by atoms with Gasteiger partial charge >= 0.3 is 23.9 Å². The van der Waals surface area contributed by atoms with E-state index in [9.17, 15) is 24.3 Å². The van der Waals surface area contributed by atoms with Crippen LogP contribution in [0.4, 0.5) is 0 Å². The molecule has 0 aromatic rings. The molecule has 4 aliphatic carbocycles. The minimum absolute atomic E-state index is 0.126. The molecule has 0 aromatic heterocycles. The number of esters is 4. The summed E-state index contributed by atoms with van der Waals surface area (Å²) in [5.41, 5.74) is -5.18. The Labute approximate surface area is 257 Å². The monoisotopic (exact) mass is 606 g/mol. The highest BCUT2D eigenvalue weighted by Crippen LogP contribution is 2.59. The van der Waals surface area contributed by atoms with Crippen LogP contribution in [0.2, 0.25) is 0 Å². The fourth-order valence-corrected chi connectivity index (χ4v) is 8.27. The molecule has 4 saturated carbocycles. The van der Waals surface area contributed by atoms with E-state index >= 15 is 0 Å². The van der Waals surface area contributed by atoms with Crippen molar-refractivity contribution in [3.8, 4) is 0 Å². The Balaban J connectivity index is 1.54. The number of cyclic esters (lactones) is 1. The third-order valence-corrected chi connectivity index (χ3v) is 10.9. The Morgan fingerprint density at radius 2 is 1.44 bits per heavy atom. The summed E-state index contributed by atoms with van der Waals surface area (Å²) in [6.07, 6.45) is 5.67. The molecular weight excluding hydrogens is 552 g/mol. The lowest BCUT2D eigenvalue weighted by molar-refractivity contribution is -0.226. The molecule has 244 valence electrons. The predicted octanol–water partition coefficient (Wildman–Crippen LogP) is 5.82. The van der Waals surface area contributed by atoms with Crippen molar-refractivity contribution in [1.82, 2.24) is 0 Å². The van der Waals surface area contributed by atoms with Crippen molar-refractivity contribution < 1.29 is 43.2 Å². The number of hydrogen-bond acceptors (Lipinski definition) is 9. The second-order valence-corrected chi connectivity index (χ2v) is 16.2. The highest BCUT2D eigenvalue weighted by Gasteiger charge is 2.60. The number of ether oxygens (including phenoxy) is 4. The predicted molar refractivity (Wildman–Crippen MR) is 159 cm³/mol. The van der Waals surface area contributed by atoms with Gasteiger partial charge in [-0.2, -0.15) is 0 Å². The zero-order valence-electron chi connectivity index (χ0n) is 27.6. The van der Waals surface area contributed by atoms with Crippen LogP contribution in [-0.2, 0) is 38.1 Å². The number of rotatable bonds is 12. The number of carbonyl (C=O) groups is 4. The number of aliphatic hydroxyl groups is 1. The SMILES string of the molecule is CCC(C)(CC(C)(CCC(C)(CC)C(=O)OC12CC3CC(CC(O)(C3)C1)C2)C(=O)OC1CCOC1=O)C(=O)OC(C)(C)C. The summed E-state index contributed by atoms with van der Waals surface area (Å²) in [4.78, 5) is 53.4. The van der Waals surface area contributed by atoms with Crippen molar-refractivity contribution in [1.29, 1.82) is 0 Å². The lowest BCUT2D eigenvalue weighted by Crippen LogP contribution is -2.61. The number of hydrogen-bond donors (Lipinski definition) is 1. The van der Waals surface area contributed by atoms with E-state index in [0.29, 0.717) is 37.5 Å². The maximum atomic E-state index is 13.9. The first-order valence-electron chi connectivity index (χ1n) is 16.3. The third-order valence-electron chi connectivity index (χ3n) is 10.9. The van der Waals surface area contributed by atoms with Crippen LogP contribution in [0.25, 0.3) is 0 Å². The molecule has 6 unspecified atom stereocenters. The van der Waals surface area contributed by atoms with Crippen LogP contribution in [0.5, 0.6) is 0 Å². The molecule has 1 heterocycles. The molecule has 5 aliphatic rings. The van der Waals surface area contributed by atoms with Crippen molar-refractivity contribution in [2.75, 3.05) is 6.61 Å². The maximum Gasteiger partial charge on any atom is 0.347 e. The third kappa shape index (κ3) is 7.23. The Hall–Kier alpha value is -2.16. The van der Waals surface area contributed by atoms with Gasteiger partial charge in [-0.15, -0.1) is 0 Å². The Bertz CT molecular complexity index is 1090. The second-order valence-electron chi connectivity index (χ2n) is 16.2. The number of carbonyl (C=O) groups excluding carboxylic acids is 4. The summed E-state index contributed by atoms with van der Waals surface area (Å²) in [6.45, 7) is 14.9. The molecule has 9 nitrogen and oxygen atoms in total. The summed E-state index contributed by atoms with van der Waals surface area (Å²) in [7, 11) is 0. The quantitative estimate of drug-likeness (QED) is 0.216. The average Bonchev–Trinajstić information content (AvgIpc) is 3.28. The van der Waals surface area contributed by atoms with Crippen LogP contribution in [0, 0.1) is 28.1 Å². The van der Waals surface area contributed by atoms with Gasteiger partial charge in [-0.1, -0.05) is 13.8 Å². The maximum absolute atomic E-state index is 13.9. The van der Waals surface area contributed by atoms with Crippen molar-refractivity contribution in [3.63, 3.8) is 0 Å². The molecule has 0 radical (unpaired) electrons. The van der Waals surface area contributed by atoms with E-state index in [0.717, 1.165) is 32.1 Å². The molecule has 1 aliphatic heterocycles. The molecule has 0 spiro atoms. The normalized spacial score (nSPS) is 34.0. The Kier molecular flexibility index (Phi) is 9.13. The van der Waals surface area contributed by atoms with Crippen molar-refractivity contribution in [2.45, 2.75) is 155 Å². The first kappa shape index (κ1) is 33.7. The van der Waals surface area contributed by atoms with Gasteiger partial charge in [-0.3, -0.25) is 14.4 Å². The second kappa shape index (κ2) is 11.6. The lowest BCUT2D eigenvalue weighted by atomic mass is 9.52. The zero-order chi connectivity index (χ0) is 32.1. The van der Waals surface area contributed by atoms with Gasteiger partial charge in [0, 0.05) is 12.8 Å². The largest absolute Gasteiger partial charge is 0.463 e. The smallest absolute Gasteiger partial charge is 0.347 e. The van der Waals surface area contributed by atoms with Gasteiger partial charge in [0.2, 0.25) is 6.10 Å². The Morgan fingerprint density at radius 1 is 0.860 bits per heavy atom. The molecule has 43 heavy (non-hydrogen) atoms. The molecule has 5 rings (SSSR count). The fourth-order valence-electron chi connectivity index (χ4n) is 8.27. The summed E-state index contributed by atoms with van der Waals surface area (Å²) in [5, 5.41) is 11.2. The summed E-state index contributed by atoms with van der Waals surface area (Å²) >= 11 is 0. The fraction of sp³-hybridized carbons (Fsp3) is 0.882. The van der Waals surface area contributed by atoms with Crippen LogP contribution in [0.15, 0.2) is 0 Å². The molecule has 9 heteroatoms. The van der Waals surface area contributed by atoms with E-state index in [2.05, 4.69) is 0 Å². The van der Waals surface area contributed by atoms with Gasteiger partial charge < -0.3 is 24.1 Å². The van der Waals surface area contributed by atoms with Crippen LogP contribution in [0.1, 0.15) is 132 Å². The molecule has 5 fully saturated rings. The topological polar surface area (TPSA) is 125 Å². The highest BCUT2D eigenvalue weighted by molar-refractivity contribution is 5.84. The van der Waals surface area contributed by atoms with Crippen LogP contribution in [0.3, 0.4) is 0 Å². The van der Waals surface area contributed by atoms with Crippen molar-refractivity contribution in [2.24, 2.45) is 28.1 Å². The summed E-state index contributed by atoms with van der Waals surface area (Å²) < 4.78 is 22.9. The Morgan fingerprint density at radius 3 is 1.93 bits per heavy atom. The van der Waals surface area contributed by atoms with Crippen LogP contribution < -0.4 is 0 Å². The first-order chi connectivity index (χ1) is 19.8. The molecule has 0 amide bonds. The zero-order valence-corrected chi connectivity index (χ0v) is 27.6. The van der Waals surface area contributed by atoms with E-state index < -0.39 is 57.1 Å². The molecule has 6 atom stereocenters. The van der Waals surface area contributed by atoms with Gasteiger partial charge in [-0.05, 0) is 118 Å². The highest BCUT2D eigenvalue weighted by atomic mass is 16.6. The molecular formula is C34H54O9. The van der Waals surface area contributed by atoms with E-state index in [4.69, 9.17) is 18.9 Å². The van der Waals surface area contributed by atoms with Gasteiger partial charge in [0.1, 0.15) is 11.2 Å². The van der Waals surface area contributed by atoms with E-state index in [1.54, 1.807) is 34.6 Å². The molecule has 1 N–H and O–H groups in total. The van der Waals surface area contributed by atoms with E-state index in [-0.39, 0.29) is 31.8 Å². The van der Waals surface area contributed by atoms with Crippen molar-refractivity contribution in [3.05, 3.63) is 0 Å². The van der Waals surface area contributed by atoms with E-state index in [1.807, 2.05) is 20.8 Å². The standard InChI is InChI=1S/C34H54O9/c1-9-30(6,27(37)43-34-18-22-15-23(19-34)17-33(39,16-22)21-34)12-13-32(8,26(36)41-24-11-14-40-25(24)35)20-31(7,10-2)28(38)42-29(3,4)5/h22-24,39H,9-21H2,1-8H3. The summed E-state index contributed by atoms with van der Waals surface area (Å²) in [6, 6.07) is 0.